The Bertz CT molecular complexity index is 1240. The van der Waals surface area contributed by atoms with Crippen molar-refractivity contribution in [3.8, 4) is 0 Å². The Morgan fingerprint density at radius 3 is 2.48 bits per heavy atom. The number of nitrogens with one attached hydrogen (secondary N) is 1. The normalized spacial score (nSPS) is 13.3. The van der Waals surface area contributed by atoms with Gasteiger partial charge in [-0.2, -0.15) is 0 Å². The van der Waals surface area contributed by atoms with Crippen LogP contribution in [0.25, 0.3) is 10.2 Å². The van der Waals surface area contributed by atoms with E-state index in [0.717, 1.165) is 49.2 Å². The Morgan fingerprint density at radius 1 is 1.12 bits per heavy atom. The number of Topliss-reactive ketones (excluding diaryl/α,β-unsaturated/α-hetero) is 1. The monoisotopic (exact) mass is 466 g/mol. The van der Waals surface area contributed by atoms with E-state index < -0.39 is 0 Å². The summed E-state index contributed by atoms with van der Waals surface area (Å²) >= 11 is 1.64. The number of carbonyl (C=O) groups excluding carboxylic acids is 2. The second-order valence-electron chi connectivity index (χ2n) is 8.45. The molecule has 0 aliphatic heterocycles. The van der Waals surface area contributed by atoms with Crippen molar-refractivity contribution in [3.05, 3.63) is 56.4 Å². The van der Waals surface area contributed by atoms with Crippen molar-refractivity contribution < 1.29 is 9.59 Å². The van der Waals surface area contributed by atoms with Crippen molar-refractivity contribution in [1.29, 1.82) is 0 Å². The molecule has 1 N–H and O–H groups in total. The van der Waals surface area contributed by atoms with Crippen LogP contribution in [0.3, 0.4) is 0 Å². The number of nitrogens with zero attached hydrogens (tertiary/aromatic N) is 3. The van der Waals surface area contributed by atoms with E-state index in [9.17, 15) is 14.4 Å². The lowest BCUT2D eigenvalue weighted by molar-refractivity contribution is -0.114. The van der Waals surface area contributed by atoms with Gasteiger partial charge in [-0.05, 0) is 68.6 Å². The van der Waals surface area contributed by atoms with Gasteiger partial charge in [-0.3, -0.25) is 23.9 Å². The molecule has 0 saturated carbocycles. The molecule has 0 radical (unpaired) electrons. The molecule has 174 valence electrons. The molecule has 0 spiro atoms. The van der Waals surface area contributed by atoms with Crippen molar-refractivity contribution in [1.82, 2.24) is 14.5 Å². The third-order valence-electron chi connectivity index (χ3n) is 6.24. The molecule has 0 unspecified atom stereocenters. The van der Waals surface area contributed by atoms with Gasteiger partial charge in [-0.15, -0.1) is 11.3 Å². The molecular weight excluding hydrogens is 436 g/mol. The van der Waals surface area contributed by atoms with Gasteiger partial charge in [0, 0.05) is 23.1 Å². The van der Waals surface area contributed by atoms with Gasteiger partial charge in [0.1, 0.15) is 10.7 Å². The molecule has 1 amide bonds. The molecule has 2 aromatic heterocycles. The second kappa shape index (κ2) is 9.97. The molecule has 33 heavy (non-hydrogen) atoms. The minimum atomic E-state index is -0.167. The van der Waals surface area contributed by atoms with E-state index >= 15 is 0 Å². The number of hydrogen-bond donors (Lipinski definition) is 1. The molecule has 3 aromatic rings. The fraction of sp³-hybridized carbons (Fsp3) is 0.440. The van der Waals surface area contributed by atoms with Crippen LogP contribution in [0.15, 0.2) is 29.1 Å². The standard InChI is InChI=1S/C25H30N4O3S/c1-4-28(5-2)15-22-27-24-23(19-8-6-7-9-21(19)33-24)25(32)29(22)14-20(31)17-10-12-18(13-11-17)26-16(3)30/h10-13H,4-9,14-15H2,1-3H3,(H,26,30). The molecular formula is C25H30N4O3S. The van der Waals surface area contributed by atoms with Crippen LogP contribution < -0.4 is 10.9 Å². The summed E-state index contributed by atoms with van der Waals surface area (Å²) in [6, 6.07) is 6.76. The zero-order valence-electron chi connectivity index (χ0n) is 19.4. The van der Waals surface area contributed by atoms with Crippen LogP contribution in [0.1, 0.15) is 60.2 Å². The number of benzene rings is 1. The van der Waals surface area contributed by atoms with Gasteiger partial charge >= 0.3 is 0 Å². The highest BCUT2D eigenvalue weighted by Crippen LogP contribution is 2.34. The van der Waals surface area contributed by atoms with Crippen LogP contribution in [0.5, 0.6) is 0 Å². The predicted molar refractivity (Wildman–Crippen MR) is 132 cm³/mol. The summed E-state index contributed by atoms with van der Waals surface area (Å²) in [6.07, 6.45) is 4.13. The smallest absolute Gasteiger partial charge is 0.263 e. The first-order valence-electron chi connectivity index (χ1n) is 11.6. The Kier molecular flexibility index (Phi) is 7.05. The zero-order chi connectivity index (χ0) is 23.5. The second-order valence-corrected chi connectivity index (χ2v) is 9.54. The molecule has 1 aliphatic carbocycles. The highest BCUT2D eigenvalue weighted by Gasteiger charge is 2.23. The van der Waals surface area contributed by atoms with Gasteiger partial charge in [0.15, 0.2) is 5.78 Å². The maximum atomic E-state index is 13.7. The van der Waals surface area contributed by atoms with Gasteiger partial charge in [0.2, 0.25) is 5.91 Å². The minimum absolute atomic E-state index is 0.0531. The summed E-state index contributed by atoms with van der Waals surface area (Å²) in [5.74, 6) is 0.315. The fourth-order valence-corrected chi connectivity index (χ4v) is 5.66. The Labute approximate surface area is 197 Å². The van der Waals surface area contributed by atoms with Crippen molar-refractivity contribution in [2.24, 2.45) is 0 Å². The number of ketones is 1. The maximum Gasteiger partial charge on any atom is 0.263 e. The van der Waals surface area contributed by atoms with E-state index in [1.54, 1.807) is 40.2 Å². The third kappa shape index (κ3) is 4.91. The number of aromatic nitrogens is 2. The SMILES string of the molecule is CCN(CC)Cc1nc2sc3c(c2c(=O)n1CC(=O)c1ccc(NC(C)=O)cc1)CCCC3. The van der Waals surface area contributed by atoms with Crippen LogP contribution in [0.4, 0.5) is 5.69 Å². The number of fused-ring (bicyclic) bond motifs is 3. The van der Waals surface area contributed by atoms with E-state index in [0.29, 0.717) is 29.0 Å². The van der Waals surface area contributed by atoms with Crippen molar-refractivity contribution in [2.75, 3.05) is 18.4 Å². The Hall–Kier alpha value is -2.84. The van der Waals surface area contributed by atoms with E-state index in [2.05, 4.69) is 24.1 Å². The van der Waals surface area contributed by atoms with E-state index in [-0.39, 0.29) is 23.8 Å². The summed E-state index contributed by atoms with van der Waals surface area (Å²) < 4.78 is 1.58. The molecule has 0 saturated heterocycles. The summed E-state index contributed by atoms with van der Waals surface area (Å²) in [5, 5.41) is 3.40. The van der Waals surface area contributed by atoms with Gasteiger partial charge < -0.3 is 5.32 Å². The lowest BCUT2D eigenvalue weighted by Crippen LogP contribution is -2.33. The first-order chi connectivity index (χ1) is 15.9. The molecule has 4 rings (SSSR count). The molecule has 8 heteroatoms. The van der Waals surface area contributed by atoms with Crippen molar-refractivity contribution >= 4 is 38.9 Å². The lowest BCUT2D eigenvalue weighted by Gasteiger charge is -2.20. The summed E-state index contributed by atoms with van der Waals surface area (Å²) in [4.78, 5) is 47.3. The Balaban J connectivity index is 1.73. The van der Waals surface area contributed by atoms with Gasteiger partial charge in [0.05, 0.1) is 18.5 Å². The van der Waals surface area contributed by atoms with E-state index in [4.69, 9.17) is 4.98 Å². The van der Waals surface area contributed by atoms with Crippen LogP contribution in [0, 0.1) is 0 Å². The zero-order valence-corrected chi connectivity index (χ0v) is 20.3. The number of rotatable bonds is 8. The molecule has 1 aromatic carbocycles. The Morgan fingerprint density at radius 2 is 1.82 bits per heavy atom. The average molecular weight is 467 g/mol. The van der Waals surface area contributed by atoms with Crippen molar-refractivity contribution in [2.45, 2.75) is 59.5 Å². The summed E-state index contributed by atoms with van der Waals surface area (Å²) in [7, 11) is 0. The number of aryl methyl sites for hydroxylation is 2. The quantitative estimate of drug-likeness (QED) is 0.507. The first kappa shape index (κ1) is 23.3. The maximum absolute atomic E-state index is 13.7. The summed E-state index contributed by atoms with van der Waals surface area (Å²) in [6.45, 7) is 7.74. The lowest BCUT2D eigenvalue weighted by atomic mass is 9.97. The molecule has 2 heterocycles. The predicted octanol–water partition coefficient (Wildman–Crippen LogP) is 4.02. The highest BCUT2D eigenvalue weighted by molar-refractivity contribution is 7.18. The largest absolute Gasteiger partial charge is 0.326 e. The molecule has 7 nitrogen and oxygen atoms in total. The highest BCUT2D eigenvalue weighted by atomic mass is 32.1. The number of hydrogen-bond acceptors (Lipinski definition) is 6. The number of amides is 1. The van der Waals surface area contributed by atoms with Crippen LogP contribution in [0.2, 0.25) is 0 Å². The molecule has 0 bridgehead atoms. The molecule has 0 fully saturated rings. The number of thiophene rings is 1. The number of anilines is 1. The minimum Gasteiger partial charge on any atom is -0.326 e. The van der Waals surface area contributed by atoms with E-state index in [1.165, 1.54) is 11.8 Å². The van der Waals surface area contributed by atoms with Crippen LogP contribution in [-0.4, -0.2) is 39.2 Å². The van der Waals surface area contributed by atoms with Crippen LogP contribution in [-0.2, 0) is 30.7 Å². The van der Waals surface area contributed by atoms with E-state index in [1.807, 2.05) is 0 Å². The average Bonchev–Trinajstić information content (AvgIpc) is 3.18. The number of carbonyl (C=O) groups is 2. The van der Waals surface area contributed by atoms with Gasteiger partial charge in [0.25, 0.3) is 5.56 Å². The van der Waals surface area contributed by atoms with Crippen molar-refractivity contribution in [3.63, 3.8) is 0 Å². The fourth-order valence-electron chi connectivity index (χ4n) is 4.39. The van der Waals surface area contributed by atoms with Crippen LogP contribution >= 0.6 is 11.3 Å². The third-order valence-corrected chi connectivity index (χ3v) is 7.43. The summed E-state index contributed by atoms with van der Waals surface area (Å²) in [5.41, 5.74) is 2.16. The molecule has 0 atom stereocenters. The topological polar surface area (TPSA) is 84.3 Å². The van der Waals surface area contributed by atoms with Gasteiger partial charge in [-0.1, -0.05) is 13.8 Å². The first-order valence-corrected chi connectivity index (χ1v) is 12.4. The molecule has 1 aliphatic rings. The van der Waals surface area contributed by atoms with Gasteiger partial charge in [-0.25, -0.2) is 4.98 Å².